The fourth-order valence-corrected chi connectivity index (χ4v) is 2.42. The van der Waals surface area contributed by atoms with Crippen molar-refractivity contribution < 1.29 is 14.2 Å². The summed E-state index contributed by atoms with van der Waals surface area (Å²) in [5.74, 6) is 0. The highest BCUT2D eigenvalue weighted by molar-refractivity contribution is 5.64. The van der Waals surface area contributed by atoms with Crippen molar-refractivity contribution in [2.24, 2.45) is 5.11 Å². The number of ether oxygens (including phenoxy) is 1. The van der Waals surface area contributed by atoms with Crippen LogP contribution in [0.25, 0.3) is 21.6 Å². The third-order valence-corrected chi connectivity index (χ3v) is 3.67. The van der Waals surface area contributed by atoms with Crippen molar-refractivity contribution in [1.82, 2.24) is 0 Å². The van der Waals surface area contributed by atoms with E-state index in [0.717, 1.165) is 22.3 Å². The minimum absolute atomic E-state index is 0.0127. The molecule has 0 spiro atoms. The summed E-state index contributed by atoms with van der Waals surface area (Å²) in [7, 11) is 1.46. The predicted octanol–water partition coefficient (Wildman–Crippen LogP) is 4.18. The van der Waals surface area contributed by atoms with Crippen molar-refractivity contribution in [3.8, 4) is 11.1 Å². The first kappa shape index (κ1) is 17.0. The zero-order chi connectivity index (χ0) is 16.7. The van der Waals surface area contributed by atoms with Crippen molar-refractivity contribution in [3.63, 3.8) is 0 Å². The van der Waals surface area contributed by atoms with E-state index in [2.05, 4.69) is 10.0 Å². The highest BCUT2D eigenvalue weighted by Gasteiger charge is 2.22. The van der Waals surface area contributed by atoms with Crippen molar-refractivity contribution in [2.45, 2.75) is 18.8 Å². The summed E-state index contributed by atoms with van der Waals surface area (Å²) in [5.41, 5.74) is 12.1. The molecular formula is C17H18FN3O2. The van der Waals surface area contributed by atoms with Gasteiger partial charge < -0.3 is 9.84 Å². The van der Waals surface area contributed by atoms with Gasteiger partial charge in [0, 0.05) is 12.0 Å². The zero-order valence-corrected chi connectivity index (χ0v) is 12.8. The maximum Gasteiger partial charge on any atom is 0.101 e. The molecule has 120 valence electrons. The molecule has 0 saturated heterocycles. The van der Waals surface area contributed by atoms with Crippen LogP contribution in [-0.2, 0) is 11.3 Å². The Hall–Kier alpha value is -2.40. The highest BCUT2D eigenvalue weighted by atomic mass is 19.1. The van der Waals surface area contributed by atoms with Gasteiger partial charge in [0.25, 0.3) is 0 Å². The molecule has 0 heterocycles. The van der Waals surface area contributed by atoms with Gasteiger partial charge in [-0.15, -0.1) is 0 Å². The average molecular weight is 315 g/mol. The van der Waals surface area contributed by atoms with E-state index in [1.54, 1.807) is 0 Å². The van der Waals surface area contributed by atoms with Crippen LogP contribution >= 0.6 is 0 Å². The third kappa shape index (κ3) is 4.07. The number of alkyl halides is 1. The first-order chi connectivity index (χ1) is 11.2. The molecule has 0 amide bonds. The lowest BCUT2D eigenvalue weighted by Crippen LogP contribution is -2.20. The van der Waals surface area contributed by atoms with Crippen molar-refractivity contribution in [2.75, 3.05) is 13.8 Å². The van der Waals surface area contributed by atoms with Gasteiger partial charge in [-0.3, -0.25) is 4.39 Å². The molecule has 0 aliphatic heterocycles. The predicted molar refractivity (Wildman–Crippen MR) is 86.5 cm³/mol. The normalized spacial score (nSPS) is 13.2. The fourth-order valence-electron chi connectivity index (χ4n) is 2.42. The van der Waals surface area contributed by atoms with Crippen molar-refractivity contribution in [1.29, 1.82) is 0 Å². The SMILES string of the molecule is CO[C@H](c1ccc(-c2ccc(CO)cc2)cc1)[C@@H](CF)N=[N+]=[N-]. The number of hydrogen-bond donors (Lipinski definition) is 1. The van der Waals surface area contributed by atoms with E-state index >= 15 is 0 Å². The standard InChI is InChI=1S/C17H18FN3O2/c1-23-17(16(10-18)20-21-19)15-8-6-14(7-9-15)13-4-2-12(11-22)3-5-13/h2-9,16-17,22H,10-11H2,1H3/t16-,17-/m1/s1. The third-order valence-electron chi connectivity index (χ3n) is 3.67. The number of hydrogen-bond acceptors (Lipinski definition) is 3. The molecule has 0 saturated carbocycles. The number of azide groups is 1. The van der Waals surface area contributed by atoms with E-state index in [9.17, 15) is 4.39 Å². The number of rotatable bonds is 7. The van der Waals surface area contributed by atoms with E-state index in [4.69, 9.17) is 15.4 Å². The van der Waals surface area contributed by atoms with Crippen molar-refractivity contribution in [3.05, 3.63) is 70.1 Å². The molecule has 0 aliphatic carbocycles. The number of nitrogens with zero attached hydrogens (tertiary/aromatic N) is 3. The summed E-state index contributed by atoms with van der Waals surface area (Å²) < 4.78 is 18.3. The molecule has 0 unspecified atom stereocenters. The Morgan fingerprint density at radius 2 is 1.70 bits per heavy atom. The first-order valence-electron chi connectivity index (χ1n) is 7.16. The molecule has 23 heavy (non-hydrogen) atoms. The van der Waals surface area contributed by atoms with Crippen LogP contribution in [0.1, 0.15) is 17.2 Å². The Morgan fingerprint density at radius 1 is 1.13 bits per heavy atom. The molecule has 0 bridgehead atoms. The number of aliphatic hydroxyl groups is 1. The highest BCUT2D eigenvalue weighted by Crippen LogP contribution is 2.27. The lowest BCUT2D eigenvalue weighted by molar-refractivity contribution is 0.0722. The maximum absolute atomic E-state index is 13.0. The van der Waals surface area contributed by atoms with E-state index in [-0.39, 0.29) is 6.61 Å². The molecule has 2 rings (SSSR count). The summed E-state index contributed by atoms with van der Waals surface area (Å²) >= 11 is 0. The Balaban J connectivity index is 2.24. The van der Waals surface area contributed by atoms with Crippen LogP contribution in [0.3, 0.4) is 0 Å². The van der Waals surface area contributed by atoms with Crippen LogP contribution in [0.4, 0.5) is 4.39 Å². The first-order valence-corrected chi connectivity index (χ1v) is 7.16. The second-order valence-electron chi connectivity index (χ2n) is 5.06. The minimum atomic E-state index is -0.889. The Bertz CT molecular complexity index is 667. The smallest absolute Gasteiger partial charge is 0.101 e. The van der Waals surface area contributed by atoms with Crippen LogP contribution in [-0.4, -0.2) is 24.9 Å². The average Bonchev–Trinajstić information content (AvgIpc) is 2.62. The summed E-state index contributed by atoms with van der Waals surface area (Å²) in [6.45, 7) is -0.772. The molecule has 5 nitrogen and oxygen atoms in total. The topological polar surface area (TPSA) is 78.2 Å². The van der Waals surface area contributed by atoms with Crippen LogP contribution < -0.4 is 0 Å². The van der Waals surface area contributed by atoms with E-state index in [1.807, 2.05) is 48.5 Å². The second-order valence-corrected chi connectivity index (χ2v) is 5.06. The molecule has 2 aromatic carbocycles. The fraction of sp³-hybridized carbons (Fsp3) is 0.294. The summed E-state index contributed by atoms with van der Waals surface area (Å²) in [6, 6.07) is 14.2. The molecule has 2 atom stereocenters. The molecule has 2 aromatic rings. The summed E-state index contributed by atoms with van der Waals surface area (Å²) in [4.78, 5) is 2.67. The van der Waals surface area contributed by atoms with Gasteiger partial charge in [-0.05, 0) is 27.8 Å². The van der Waals surface area contributed by atoms with E-state index < -0.39 is 18.8 Å². The van der Waals surface area contributed by atoms with Crippen LogP contribution in [0.15, 0.2) is 53.6 Å². The van der Waals surface area contributed by atoms with Crippen LogP contribution in [0, 0.1) is 0 Å². The van der Waals surface area contributed by atoms with Gasteiger partial charge in [-0.2, -0.15) is 0 Å². The number of methoxy groups -OCH3 is 1. The molecule has 0 fully saturated rings. The Kier molecular flexibility index (Phi) is 6.11. The monoisotopic (exact) mass is 315 g/mol. The van der Waals surface area contributed by atoms with Gasteiger partial charge in [0.05, 0.1) is 18.8 Å². The van der Waals surface area contributed by atoms with Crippen molar-refractivity contribution >= 4 is 0 Å². The van der Waals surface area contributed by atoms with Gasteiger partial charge in [-0.1, -0.05) is 53.6 Å². The number of aliphatic hydroxyl groups excluding tert-OH is 1. The molecule has 0 aromatic heterocycles. The van der Waals surface area contributed by atoms with Gasteiger partial charge in [0.2, 0.25) is 0 Å². The molecule has 1 N–H and O–H groups in total. The lowest BCUT2D eigenvalue weighted by atomic mass is 9.98. The molecular weight excluding hydrogens is 297 g/mol. The van der Waals surface area contributed by atoms with Gasteiger partial charge in [-0.25, -0.2) is 0 Å². The molecule has 0 aliphatic rings. The van der Waals surface area contributed by atoms with E-state index in [0.29, 0.717) is 0 Å². The van der Waals surface area contributed by atoms with Gasteiger partial charge in [0.15, 0.2) is 0 Å². The maximum atomic E-state index is 13.0. The minimum Gasteiger partial charge on any atom is -0.392 e. The summed E-state index contributed by atoms with van der Waals surface area (Å²) in [5, 5.41) is 12.5. The van der Waals surface area contributed by atoms with Crippen LogP contribution in [0.5, 0.6) is 0 Å². The van der Waals surface area contributed by atoms with Gasteiger partial charge >= 0.3 is 0 Å². The quantitative estimate of drug-likeness (QED) is 0.472. The lowest BCUT2D eigenvalue weighted by Gasteiger charge is -2.20. The summed E-state index contributed by atoms with van der Waals surface area (Å²) in [6.07, 6.45) is -0.623. The van der Waals surface area contributed by atoms with Crippen LogP contribution in [0.2, 0.25) is 0 Å². The number of halogens is 1. The molecule has 0 radical (unpaired) electrons. The Labute approximate surface area is 134 Å². The zero-order valence-electron chi connectivity index (χ0n) is 12.8. The largest absolute Gasteiger partial charge is 0.392 e. The number of benzene rings is 2. The Morgan fingerprint density at radius 3 is 2.13 bits per heavy atom. The second kappa shape index (κ2) is 8.29. The van der Waals surface area contributed by atoms with Gasteiger partial charge in [0.1, 0.15) is 6.67 Å². The molecule has 6 heteroatoms. The van der Waals surface area contributed by atoms with E-state index in [1.165, 1.54) is 7.11 Å².